The minimum absolute atomic E-state index is 0.420. The van der Waals surface area contributed by atoms with E-state index in [0.29, 0.717) is 5.54 Å². The average molecular weight is 165 g/mol. The molecule has 1 aromatic heterocycles. The summed E-state index contributed by atoms with van der Waals surface area (Å²) in [5.41, 5.74) is 2.87. The Labute approximate surface area is 72.6 Å². The van der Waals surface area contributed by atoms with Crippen LogP contribution < -0.4 is 5.32 Å². The molecule has 2 rings (SSSR count). The fourth-order valence-electron chi connectivity index (χ4n) is 1.23. The second-order valence-corrected chi connectivity index (χ2v) is 3.93. The lowest BCUT2D eigenvalue weighted by molar-refractivity contribution is 0.537. The Morgan fingerprint density at radius 3 is 2.92 bits per heavy atom. The van der Waals surface area contributed by atoms with E-state index in [-0.39, 0.29) is 0 Å². The molecule has 3 nitrogen and oxygen atoms in total. The normalized spacial score (nSPS) is 19.5. The van der Waals surface area contributed by atoms with Crippen LogP contribution in [-0.2, 0) is 6.54 Å². The van der Waals surface area contributed by atoms with Crippen molar-refractivity contribution < 1.29 is 0 Å². The Morgan fingerprint density at radius 2 is 2.42 bits per heavy atom. The number of hydrogen-bond acceptors (Lipinski definition) is 2. The summed E-state index contributed by atoms with van der Waals surface area (Å²) in [5, 5.41) is 10.4. The van der Waals surface area contributed by atoms with Gasteiger partial charge < -0.3 is 5.32 Å². The molecule has 0 atom stereocenters. The maximum Gasteiger partial charge on any atom is 0.0535 e. The van der Waals surface area contributed by atoms with E-state index in [0.717, 1.165) is 6.54 Å². The lowest BCUT2D eigenvalue weighted by atomic mass is 10.2. The molecule has 2 N–H and O–H groups in total. The molecule has 0 saturated heterocycles. The number of H-pyrrole nitrogens is 1. The maximum atomic E-state index is 3.98. The molecule has 0 spiro atoms. The fraction of sp³-hybridized carbons (Fsp3) is 0.667. The first-order chi connectivity index (χ1) is 5.70. The van der Waals surface area contributed by atoms with Crippen LogP contribution in [0, 0.1) is 6.92 Å². The minimum Gasteiger partial charge on any atom is -0.307 e. The molecule has 66 valence electrons. The van der Waals surface area contributed by atoms with Gasteiger partial charge in [-0.2, -0.15) is 5.10 Å². The monoisotopic (exact) mass is 165 g/mol. The van der Waals surface area contributed by atoms with Gasteiger partial charge in [0.15, 0.2) is 0 Å². The molecule has 1 aromatic rings. The molecular formula is C9H15N3. The first kappa shape index (κ1) is 7.80. The summed E-state index contributed by atoms with van der Waals surface area (Å²) in [6, 6.07) is 0. The van der Waals surface area contributed by atoms with E-state index in [1.54, 1.807) is 0 Å². The Morgan fingerprint density at radius 1 is 1.67 bits per heavy atom. The maximum absolute atomic E-state index is 3.98. The predicted octanol–water partition coefficient (Wildman–Crippen LogP) is 1.36. The summed E-state index contributed by atoms with van der Waals surface area (Å²) >= 11 is 0. The highest BCUT2D eigenvalue weighted by atomic mass is 15.1. The van der Waals surface area contributed by atoms with Crippen molar-refractivity contribution in [1.29, 1.82) is 0 Å². The van der Waals surface area contributed by atoms with Gasteiger partial charge in [-0.1, -0.05) is 0 Å². The summed E-state index contributed by atoms with van der Waals surface area (Å²) in [5.74, 6) is 0. The smallest absolute Gasteiger partial charge is 0.0535 e. The van der Waals surface area contributed by atoms with E-state index in [1.807, 2.05) is 6.20 Å². The molecule has 0 aromatic carbocycles. The van der Waals surface area contributed by atoms with Crippen molar-refractivity contribution in [3.63, 3.8) is 0 Å². The topological polar surface area (TPSA) is 40.7 Å². The second kappa shape index (κ2) is 2.59. The number of aromatic amines is 1. The van der Waals surface area contributed by atoms with Gasteiger partial charge in [-0.15, -0.1) is 0 Å². The molecule has 3 heteroatoms. The summed E-state index contributed by atoms with van der Waals surface area (Å²) in [4.78, 5) is 0. The van der Waals surface area contributed by atoms with Gasteiger partial charge in [0.25, 0.3) is 0 Å². The van der Waals surface area contributed by atoms with Gasteiger partial charge in [-0.3, -0.25) is 5.10 Å². The van der Waals surface area contributed by atoms with Crippen LogP contribution in [-0.4, -0.2) is 15.7 Å². The second-order valence-electron chi connectivity index (χ2n) is 3.93. The van der Waals surface area contributed by atoms with Crippen LogP contribution in [0.15, 0.2) is 6.20 Å². The van der Waals surface area contributed by atoms with Gasteiger partial charge in [0.05, 0.1) is 6.20 Å². The Balaban J connectivity index is 1.91. The molecular weight excluding hydrogens is 150 g/mol. The van der Waals surface area contributed by atoms with Gasteiger partial charge in [0.1, 0.15) is 0 Å². The molecule has 0 amide bonds. The van der Waals surface area contributed by atoms with Gasteiger partial charge in [0.2, 0.25) is 0 Å². The van der Waals surface area contributed by atoms with Crippen molar-refractivity contribution in [1.82, 2.24) is 15.5 Å². The van der Waals surface area contributed by atoms with Crippen LogP contribution in [0.25, 0.3) is 0 Å². The molecule has 1 fully saturated rings. The lowest BCUT2D eigenvalue weighted by Crippen LogP contribution is -2.27. The first-order valence-electron chi connectivity index (χ1n) is 4.43. The van der Waals surface area contributed by atoms with Crippen molar-refractivity contribution in [2.45, 2.75) is 38.8 Å². The van der Waals surface area contributed by atoms with Crippen LogP contribution in [0.5, 0.6) is 0 Å². The van der Waals surface area contributed by atoms with Gasteiger partial charge in [-0.05, 0) is 26.7 Å². The number of rotatable bonds is 3. The Bertz CT molecular complexity index is 273. The molecule has 1 saturated carbocycles. The van der Waals surface area contributed by atoms with Crippen molar-refractivity contribution in [3.8, 4) is 0 Å². The van der Waals surface area contributed by atoms with Gasteiger partial charge >= 0.3 is 0 Å². The Kier molecular flexibility index (Phi) is 1.68. The molecule has 1 heterocycles. The van der Waals surface area contributed by atoms with Crippen LogP contribution >= 0.6 is 0 Å². The molecule has 0 unspecified atom stereocenters. The highest BCUT2D eigenvalue weighted by Gasteiger charge is 2.36. The SMILES string of the molecule is Cc1[nH]ncc1CNC1(C)CC1. The zero-order valence-electron chi connectivity index (χ0n) is 7.65. The average Bonchev–Trinajstić information content (AvgIpc) is 2.61. The largest absolute Gasteiger partial charge is 0.307 e. The molecule has 0 aliphatic heterocycles. The number of hydrogen-bond donors (Lipinski definition) is 2. The number of nitrogens with zero attached hydrogens (tertiary/aromatic N) is 1. The molecule has 0 bridgehead atoms. The van der Waals surface area contributed by atoms with E-state index in [9.17, 15) is 0 Å². The number of aryl methyl sites for hydroxylation is 1. The third kappa shape index (κ3) is 1.50. The fourth-order valence-corrected chi connectivity index (χ4v) is 1.23. The zero-order valence-corrected chi connectivity index (χ0v) is 7.65. The standard InChI is InChI=1S/C9H15N3/c1-7-8(6-11-12-7)5-10-9(2)3-4-9/h6,10H,3-5H2,1-2H3,(H,11,12). The zero-order chi connectivity index (χ0) is 8.60. The molecule has 1 aliphatic carbocycles. The van der Waals surface area contributed by atoms with Gasteiger partial charge in [-0.25, -0.2) is 0 Å². The van der Waals surface area contributed by atoms with Crippen molar-refractivity contribution in [3.05, 3.63) is 17.5 Å². The molecule has 12 heavy (non-hydrogen) atoms. The van der Waals surface area contributed by atoms with Crippen LogP contribution in [0.1, 0.15) is 31.0 Å². The van der Waals surface area contributed by atoms with Crippen molar-refractivity contribution >= 4 is 0 Å². The van der Waals surface area contributed by atoms with Crippen LogP contribution in [0.2, 0.25) is 0 Å². The van der Waals surface area contributed by atoms with E-state index in [2.05, 4.69) is 29.4 Å². The van der Waals surface area contributed by atoms with Crippen LogP contribution in [0.3, 0.4) is 0 Å². The van der Waals surface area contributed by atoms with E-state index in [4.69, 9.17) is 0 Å². The summed E-state index contributed by atoms with van der Waals surface area (Å²) in [7, 11) is 0. The summed E-state index contributed by atoms with van der Waals surface area (Å²) in [6.45, 7) is 5.26. The first-order valence-corrected chi connectivity index (χ1v) is 4.43. The quantitative estimate of drug-likeness (QED) is 0.710. The van der Waals surface area contributed by atoms with Crippen molar-refractivity contribution in [2.24, 2.45) is 0 Å². The minimum atomic E-state index is 0.420. The third-order valence-electron chi connectivity index (χ3n) is 2.64. The van der Waals surface area contributed by atoms with Crippen LogP contribution in [0.4, 0.5) is 0 Å². The van der Waals surface area contributed by atoms with Gasteiger partial charge in [0, 0.05) is 23.3 Å². The molecule has 1 aliphatic rings. The summed E-state index contributed by atoms with van der Waals surface area (Å²) < 4.78 is 0. The number of nitrogens with one attached hydrogen (secondary N) is 2. The highest BCUT2D eigenvalue weighted by molar-refractivity contribution is 5.15. The number of aromatic nitrogens is 2. The Hall–Kier alpha value is -0.830. The third-order valence-corrected chi connectivity index (χ3v) is 2.64. The lowest BCUT2D eigenvalue weighted by Gasteiger charge is -2.09. The highest BCUT2D eigenvalue weighted by Crippen LogP contribution is 2.34. The van der Waals surface area contributed by atoms with E-state index < -0.39 is 0 Å². The van der Waals surface area contributed by atoms with E-state index in [1.165, 1.54) is 24.1 Å². The van der Waals surface area contributed by atoms with E-state index >= 15 is 0 Å². The van der Waals surface area contributed by atoms with Crippen molar-refractivity contribution in [2.75, 3.05) is 0 Å². The summed E-state index contributed by atoms with van der Waals surface area (Å²) in [6.07, 6.45) is 4.52. The molecule has 0 radical (unpaired) electrons. The predicted molar refractivity (Wildman–Crippen MR) is 47.8 cm³/mol.